The van der Waals surface area contributed by atoms with E-state index in [1.165, 1.54) is 45.9 Å². The lowest BCUT2D eigenvalue weighted by Crippen LogP contribution is -2.42. The number of cyclic esters (lactones) is 4. The zero-order valence-electron chi connectivity index (χ0n) is 22.8. The molecule has 0 atom stereocenters. The molecule has 2 heterocycles. The monoisotopic (exact) mass is 582 g/mol. The van der Waals surface area contributed by atoms with E-state index >= 15 is 0 Å². The van der Waals surface area contributed by atoms with E-state index in [1.807, 2.05) is 0 Å². The normalized spacial score (nSPS) is 16.8. The van der Waals surface area contributed by atoms with Gasteiger partial charge in [-0.3, -0.25) is 0 Å². The molecule has 0 amide bonds. The molecule has 2 aromatic rings. The SMILES string of the molecule is CC1(C)OC(=O)C(=CNc2cc(NC=C3C(=O)OC(C)(C)OC3=O)cc(C(=O)O)c2)C(=O)O1.O=C(O)c1ccccc1. The summed E-state index contributed by atoms with van der Waals surface area (Å²) in [5, 5.41) is 23.0. The molecule has 2 fully saturated rings. The van der Waals surface area contributed by atoms with Gasteiger partial charge in [0.25, 0.3) is 11.6 Å². The number of benzene rings is 2. The maximum atomic E-state index is 12.0. The van der Waals surface area contributed by atoms with Gasteiger partial charge in [0.1, 0.15) is 0 Å². The molecule has 2 aromatic carbocycles. The average molecular weight is 583 g/mol. The Morgan fingerprint density at radius 3 is 1.29 bits per heavy atom. The van der Waals surface area contributed by atoms with Gasteiger partial charge in [0.15, 0.2) is 11.1 Å². The Labute approximate surface area is 238 Å². The molecule has 4 N–H and O–H groups in total. The van der Waals surface area contributed by atoms with Crippen molar-refractivity contribution in [3.05, 3.63) is 83.2 Å². The molecular formula is C28H26N2O12. The summed E-state index contributed by atoms with van der Waals surface area (Å²) in [5.41, 5.74) is -0.391. The van der Waals surface area contributed by atoms with E-state index < -0.39 is 58.5 Å². The molecular weight excluding hydrogens is 556 g/mol. The first-order chi connectivity index (χ1) is 19.6. The lowest BCUT2D eigenvalue weighted by atomic mass is 10.1. The van der Waals surface area contributed by atoms with Crippen LogP contribution in [-0.2, 0) is 38.1 Å². The van der Waals surface area contributed by atoms with Crippen molar-refractivity contribution in [3.8, 4) is 0 Å². The fraction of sp³-hybridized carbons (Fsp3) is 0.214. The Morgan fingerprint density at radius 1 is 0.619 bits per heavy atom. The topological polar surface area (TPSA) is 204 Å². The van der Waals surface area contributed by atoms with Gasteiger partial charge in [-0.2, -0.15) is 0 Å². The van der Waals surface area contributed by atoms with Crippen LogP contribution >= 0.6 is 0 Å². The number of carboxylic acid groups (broad SMARTS) is 2. The Bertz CT molecular complexity index is 1380. The molecule has 0 saturated carbocycles. The molecule has 2 aliphatic heterocycles. The largest absolute Gasteiger partial charge is 0.478 e. The van der Waals surface area contributed by atoms with Crippen molar-refractivity contribution in [3.63, 3.8) is 0 Å². The first-order valence-electron chi connectivity index (χ1n) is 12.1. The van der Waals surface area contributed by atoms with Gasteiger partial charge in [-0.15, -0.1) is 0 Å². The minimum absolute atomic E-state index is 0.156. The van der Waals surface area contributed by atoms with Crippen LogP contribution in [0.25, 0.3) is 0 Å². The summed E-state index contributed by atoms with van der Waals surface area (Å²) in [4.78, 5) is 69.8. The van der Waals surface area contributed by atoms with Crippen LogP contribution in [0.3, 0.4) is 0 Å². The van der Waals surface area contributed by atoms with Gasteiger partial charge in [-0.05, 0) is 30.3 Å². The van der Waals surface area contributed by atoms with Crippen molar-refractivity contribution in [2.75, 3.05) is 10.6 Å². The van der Waals surface area contributed by atoms with Crippen LogP contribution in [0.4, 0.5) is 11.4 Å². The van der Waals surface area contributed by atoms with Gasteiger partial charge < -0.3 is 39.8 Å². The molecule has 0 spiro atoms. The van der Waals surface area contributed by atoms with Gasteiger partial charge in [0.05, 0.1) is 11.1 Å². The highest BCUT2D eigenvalue weighted by Crippen LogP contribution is 2.26. The highest BCUT2D eigenvalue weighted by atomic mass is 16.7. The van der Waals surface area contributed by atoms with Crippen LogP contribution in [-0.4, -0.2) is 57.6 Å². The number of anilines is 2. The average Bonchev–Trinajstić information content (AvgIpc) is 2.87. The third-order valence-corrected chi connectivity index (χ3v) is 5.20. The van der Waals surface area contributed by atoms with Crippen molar-refractivity contribution in [1.82, 2.24) is 0 Å². The van der Waals surface area contributed by atoms with Crippen LogP contribution < -0.4 is 10.6 Å². The quantitative estimate of drug-likeness (QED) is 0.220. The number of hydrogen-bond acceptors (Lipinski definition) is 12. The predicted molar refractivity (Wildman–Crippen MR) is 143 cm³/mol. The van der Waals surface area contributed by atoms with Gasteiger partial charge in [-0.25, -0.2) is 28.8 Å². The van der Waals surface area contributed by atoms with Gasteiger partial charge in [0.2, 0.25) is 0 Å². The highest BCUT2D eigenvalue weighted by Gasteiger charge is 2.40. The van der Waals surface area contributed by atoms with E-state index in [1.54, 1.807) is 30.3 Å². The lowest BCUT2D eigenvalue weighted by Gasteiger charge is -2.29. The molecule has 0 unspecified atom stereocenters. The van der Waals surface area contributed by atoms with Crippen molar-refractivity contribution in [2.24, 2.45) is 0 Å². The number of carbonyl (C=O) groups excluding carboxylic acids is 4. The van der Waals surface area contributed by atoms with Crippen molar-refractivity contribution < 1.29 is 57.9 Å². The number of nitrogens with one attached hydrogen (secondary N) is 2. The van der Waals surface area contributed by atoms with Crippen LogP contribution in [0.15, 0.2) is 72.1 Å². The van der Waals surface area contributed by atoms with E-state index in [2.05, 4.69) is 10.6 Å². The standard InChI is InChI=1S/C21H20N2O10.C7H6O2/c1-20(2)30-16(26)13(17(27)31-20)8-22-11-5-10(15(24)25)6-12(7-11)23-9-14-18(28)32-21(3,4)33-19(14)29;8-7(9)6-4-2-1-3-5-6/h5-9,22-23H,1-4H3,(H,24,25);1-5H,(H,8,9). The third kappa shape index (κ3) is 8.17. The van der Waals surface area contributed by atoms with Crippen LogP contribution in [0.5, 0.6) is 0 Å². The Kier molecular flexibility index (Phi) is 9.00. The number of hydrogen-bond donors (Lipinski definition) is 4. The zero-order chi connectivity index (χ0) is 31.2. The Balaban J connectivity index is 0.000000458. The molecule has 0 radical (unpaired) electrons. The minimum Gasteiger partial charge on any atom is -0.478 e. The maximum Gasteiger partial charge on any atom is 0.350 e. The van der Waals surface area contributed by atoms with Gasteiger partial charge >= 0.3 is 35.8 Å². The van der Waals surface area contributed by atoms with Crippen molar-refractivity contribution >= 4 is 47.2 Å². The number of carbonyl (C=O) groups is 6. The smallest absolute Gasteiger partial charge is 0.350 e. The summed E-state index contributed by atoms with van der Waals surface area (Å²) in [5.74, 6) is -8.64. The number of ether oxygens (including phenoxy) is 4. The second-order valence-corrected chi connectivity index (χ2v) is 9.54. The summed E-state index contributed by atoms with van der Waals surface area (Å²) in [6.07, 6.45) is 2.03. The Hall–Kier alpha value is -5.66. The number of aromatic carboxylic acids is 2. The predicted octanol–water partition coefficient (Wildman–Crippen LogP) is 3.03. The molecule has 220 valence electrons. The summed E-state index contributed by atoms with van der Waals surface area (Å²) in [6.45, 7) is 5.59. The second kappa shape index (κ2) is 12.2. The fourth-order valence-corrected chi connectivity index (χ4v) is 3.37. The summed E-state index contributed by atoms with van der Waals surface area (Å²) >= 11 is 0. The molecule has 0 aliphatic carbocycles. The molecule has 0 bridgehead atoms. The fourth-order valence-electron chi connectivity index (χ4n) is 3.37. The van der Waals surface area contributed by atoms with Crippen molar-refractivity contribution in [1.29, 1.82) is 0 Å². The molecule has 4 rings (SSSR count). The first-order valence-corrected chi connectivity index (χ1v) is 12.1. The van der Waals surface area contributed by atoms with Crippen LogP contribution in [0, 0.1) is 0 Å². The van der Waals surface area contributed by atoms with E-state index in [0.29, 0.717) is 5.56 Å². The zero-order valence-corrected chi connectivity index (χ0v) is 22.8. The van der Waals surface area contributed by atoms with E-state index in [0.717, 1.165) is 12.4 Å². The lowest BCUT2D eigenvalue weighted by molar-refractivity contribution is -0.224. The highest BCUT2D eigenvalue weighted by molar-refractivity contribution is 6.16. The van der Waals surface area contributed by atoms with Crippen LogP contribution in [0.1, 0.15) is 48.4 Å². The van der Waals surface area contributed by atoms with E-state index in [-0.39, 0.29) is 16.9 Å². The number of rotatable bonds is 6. The van der Waals surface area contributed by atoms with Crippen LogP contribution in [0.2, 0.25) is 0 Å². The summed E-state index contributed by atoms with van der Waals surface area (Å²) in [7, 11) is 0. The summed E-state index contributed by atoms with van der Waals surface area (Å²) in [6, 6.07) is 12.1. The van der Waals surface area contributed by atoms with Crippen molar-refractivity contribution in [2.45, 2.75) is 39.3 Å². The molecule has 2 saturated heterocycles. The minimum atomic E-state index is -1.41. The van der Waals surface area contributed by atoms with Gasteiger partial charge in [-0.1, -0.05) is 18.2 Å². The third-order valence-electron chi connectivity index (χ3n) is 5.20. The first kappa shape index (κ1) is 30.9. The molecule has 14 heteroatoms. The number of carboxylic acids is 2. The van der Waals surface area contributed by atoms with E-state index in [9.17, 15) is 33.9 Å². The van der Waals surface area contributed by atoms with E-state index in [4.69, 9.17) is 24.1 Å². The van der Waals surface area contributed by atoms with Gasteiger partial charge in [0, 0.05) is 51.5 Å². The maximum absolute atomic E-state index is 12.0. The summed E-state index contributed by atoms with van der Waals surface area (Å²) < 4.78 is 19.9. The molecule has 14 nitrogen and oxygen atoms in total. The Morgan fingerprint density at radius 2 is 0.976 bits per heavy atom. The number of esters is 4. The molecule has 2 aliphatic rings. The molecule has 42 heavy (non-hydrogen) atoms. The second-order valence-electron chi connectivity index (χ2n) is 9.54. The molecule has 0 aromatic heterocycles.